The fourth-order valence-corrected chi connectivity index (χ4v) is 1.93. The van der Waals surface area contributed by atoms with E-state index in [1.54, 1.807) is 7.11 Å². The van der Waals surface area contributed by atoms with Crippen molar-refractivity contribution in [1.82, 2.24) is 9.88 Å². The molecule has 20 heavy (non-hydrogen) atoms. The Morgan fingerprint density at radius 1 is 1.10 bits per heavy atom. The summed E-state index contributed by atoms with van der Waals surface area (Å²) >= 11 is 0. The van der Waals surface area contributed by atoms with Gasteiger partial charge in [-0.25, -0.2) is 0 Å². The Labute approximate surface area is 120 Å². The smallest absolute Gasteiger partial charge is 0.119 e. The van der Waals surface area contributed by atoms with E-state index in [4.69, 9.17) is 9.47 Å². The normalized spacial score (nSPS) is 10.7. The second kappa shape index (κ2) is 8.40. The summed E-state index contributed by atoms with van der Waals surface area (Å²) in [6.45, 7) is 4.02. The molecule has 0 bridgehead atoms. The Morgan fingerprint density at radius 2 is 1.95 bits per heavy atom. The van der Waals surface area contributed by atoms with Gasteiger partial charge in [-0.3, -0.25) is 0 Å². The molecule has 0 unspecified atom stereocenters. The molecule has 0 saturated carbocycles. The molecule has 1 heterocycles. The van der Waals surface area contributed by atoms with Gasteiger partial charge in [0, 0.05) is 32.6 Å². The van der Waals surface area contributed by atoms with Gasteiger partial charge in [-0.05, 0) is 23.8 Å². The van der Waals surface area contributed by atoms with Crippen molar-refractivity contribution in [3.8, 4) is 5.75 Å². The summed E-state index contributed by atoms with van der Waals surface area (Å²) in [5.41, 5.74) is 1.28. The van der Waals surface area contributed by atoms with Crippen molar-refractivity contribution < 1.29 is 9.47 Å². The van der Waals surface area contributed by atoms with Crippen molar-refractivity contribution in [2.24, 2.45) is 0 Å². The molecule has 4 nitrogen and oxygen atoms in total. The number of aromatic nitrogens is 1. The number of rotatable bonds is 9. The number of benzene rings is 1. The molecular weight excluding hydrogens is 252 g/mol. The molecule has 1 aromatic carbocycles. The standard InChI is InChI=1S/C16H22N2O2/c1-19-11-8-17-13-15-7-9-18(14-15)10-12-20-16-5-3-2-4-6-16/h2-7,9,14,17H,8,10-13H2,1H3. The zero-order chi connectivity index (χ0) is 14.0. The van der Waals surface area contributed by atoms with E-state index < -0.39 is 0 Å². The fraction of sp³-hybridized carbons (Fsp3) is 0.375. The lowest BCUT2D eigenvalue weighted by Crippen LogP contribution is -2.18. The largest absolute Gasteiger partial charge is 0.492 e. The van der Waals surface area contributed by atoms with Crippen LogP contribution in [0.2, 0.25) is 0 Å². The Balaban J connectivity index is 1.67. The van der Waals surface area contributed by atoms with Gasteiger partial charge in [0.15, 0.2) is 0 Å². The van der Waals surface area contributed by atoms with E-state index in [0.717, 1.165) is 32.0 Å². The van der Waals surface area contributed by atoms with Crippen LogP contribution in [0.4, 0.5) is 0 Å². The average molecular weight is 274 g/mol. The monoisotopic (exact) mass is 274 g/mol. The van der Waals surface area contributed by atoms with Gasteiger partial charge in [-0.15, -0.1) is 0 Å². The summed E-state index contributed by atoms with van der Waals surface area (Å²) in [4.78, 5) is 0. The highest BCUT2D eigenvalue weighted by Gasteiger charge is 1.98. The van der Waals surface area contributed by atoms with Crippen LogP contribution in [0.3, 0.4) is 0 Å². The number of hydrogen-bond donors (Lipinski definition) is 1. The minimum absolute atomic E-state index is 0.676. The molecule has 0 fully saturated rings. The number of ether oxygens (including phenoxy) is 2. The topological polar surface area (TPSA) is 35.4 Å². The summed E-state index contributed by atoms with van der Waals surface area (Å²) in [7, 11) is 1.71. The number of hydrogen-bond acceptors (Lipinski definition) is 3. The van der Waals surface area contributed by atoms with Gasteiger partial charge in [0.25, 0.3) is 0 Å². The Morgan fingerprint density at radius 3 is 2.75 bits per heavy atom. The first kappa shape index (κ1) is 14.6. The molecule has 0 aliphatic rings. The highest BCUT2D eigenvalue weighted by molar-refractivity contribution is 5.20. The van der Waals surface area contributed by atoms with E-state index in [2.05, 4.69) is 28.3 Å². The van der Waals surface area contributed by atoms with Crippen molar-refractivity contribution >= 4 is 0 Å². The van der Waals surface area contributed by atoms with Crippen molar-refractivity contribution in [3.63, 3.8) is 0 Å². The predicted octanol–water partition coefficient (Wildman–Crippen LogP) is 2.30. The molecule has 0 aliphatic heterocycles. The molecule has 0 saturated heterocycles. The third-order valence-electron chi connectivity index (χ3n) is 2.99. The summed E-state index contributed by atoms with van der Waals surface area (Å²) in [6, 6.07) is 12.0. The number of methoxy groups -OCH3 is 1. The molecule has 0 spiro atoms. The van der Waals surface area contributed by atoms with E-state index in [1.807, 2.05) is 30.3 Å². The van der Waals surface area contributed by atoms with E-state index >= 15 is 0 Å². The number of nitrogens with zero attached hydrogens (tertiary/aromatic N) is 1. The molecule has 108 valence electrons. The van der Waals surface area contributed by atoms with E-state index in [1.165, 1.54) is 5.56 Å². The molecule has 0 amide bonds. The first-order valence-electron chi connectivity index (χ1n) is 6.90. The van der Waals surface area contributed by atoms with Crippen molar-refractivity contribution in [2.75, 3.05) is 26.9 Å². The van der Waals surface area contributed by atoms with Crippen LogP contribution >= 0.6 is 0 Å². The van der Waals surface area contributed by atoms with Crippen molar-refractivity contribution in [2.45, 2.75) is 13.1 Å². The highest BCUT2D eigenvalue weighted by Crippen LogP contribution is 2.08. The maximum absolute atomic E-state index is 5.68. The van der Waals surface area contributed by atoms with Gasteiger partial charge in [0.05, 0.1) is 13.2 Å². The second-order valence-corrected chi connectivity index (χ2v) is 4.59. The van der Waals surface area contributed by atoms with E-state index in [-0.39, 0.29) is 0 Å². The Hall–Kier alpha value is -1.78. The van der Waals surface area contributed by atoms with Crippen LogP contribution in [0.5, 0.6) is 5.75 Å². The maximum Gasteiger partial charge on any atom is 0.119 e. The van der Waals surface area contributed by atoms with Crippen LogP contribution in [-0.4, -0.2) is 31.4 Å². The number of para-hydroxylation sites is 1. The molecule has 2 aromatic rings. The molecule has 0 aliphatic carbocycles. The maximum atomic E-state index is 5.68. The highest BCUT2D eigenvalue weighted by atomic mass is 16.5. The predicted molar refractivity (Wildman–Crippen MR) is 80.0 cm³/mol. The third kappa shape index (κ3) is 5.07. The van der Waals surface area contributed by atoms with Gasteiger partial charge in [-0.1, -0.05) is 18.2 Å². The molecule has 4 heteroatoms. The Bertz CT molecular complexity index is 482. The molecule has 1 aromatic heterocycles. The summed E-state index contributed by atoms with van der Waals surface area (Å²) < 4.78 is 12.8. The lowest BCUT2D eigenvalue weighted by atomic mass is 10.3. The Kier molecular flexibility index (Phi) is 6.14. The minimum Gasteiger partial charge on any atom is -0.492 e. The first-order valence-corrected chi connectivity index (χ1v) is 6.90. The molecule has 0 radical (unpaired) electrons. The second-order valence-electron chi connectivity index (χ2n) is 4.59. The fourth-order valence-electron chi connectivity index (χ4n) is 1.93. The van der Waals surface area contributed by atoms with Gasteiger partial charge >= 0.3 is 0 Å². The molecular formula is C16H22N2O2. The third-order valence-corrected chi connectivity index (χ3v) is 2.99. The van der Waals surface area contributed by atoms with Crippen molar-refractivity contribution in [3.05, 3.63) is 54.4 Å². The van der Waals surface area contributed by atoms with Crippen LogP contribution in [0, 0.1) is 0 Å². The van der Waals surface area contributed by atoms with Gasteiger partial charge in [0.2, 0.25) is 0 Å². The van der Waals surface area contributed by atoms with E-state index in [0.29, 0.717) is 6.61 Å². The van der Waals surface area contributed by atoms with Crippen LogP contribution in [-0.2, 0) is 17.8 Å². The number of nitrogens with one attached hydrogen (secondary N) is 1. The zero-order valence-corrected chi connectivity index (χ0v) is 11.9. The van der Waals surface area contributed by atoms with Crippen LogP contribution < -0.4 is 10.1 Å². The molecule has 0 atom stereocenters. The van der Waals surface area contributed by atoms with Gasteiger partial charge in [-0.2, -0.15) is 0 Å². The van der Waals surface area contributed by atoms with Crippen LogP contribution in [0.15, 0.2) is 48.8 Å². The van der Waals surface area contributed by atoms with Crippen molar-refractivity contribution in [1.29, 1.82) is 0 Å². The van der Waals surface area contributed by atoms with Crippen LogP contribution in [0.25, 0.3) is 0 Å². The van der Waals surface area contributed by atoms with Crippen LogP contribution in [0.1, 0.15) is 5.56 Å². The minimum atomic E-state index is 0.676. The van der Waals surface area contributed by atoms with Gasteiger partial charge < -0.3 is 19.4 Å². The zero-order valence-electron chi connectivity index (χ0n) is 11.9. The quantitative estimate of drug-likeness (QED) is 0.713. The lowest BCUT2D eigenvalue weighted by Gasteiger charge is -2.06. The van der Waals surface area contributed by atoms with E-state index in [9.17, 15) is 0 Å². The first-order chi connectivity index (χ1) is 9.88. The molecule has 2 rings (SSSR count). The summed E-state index contributed by atoms with van der Waals surface area (Å²) in [5.74, 6) is 0.918. The summed E-state index contributed by atoms with van der Waals surface area (Å²) in [5, 5.41) is 3.33. The van der Waals surface area contributed by atoms with Gasteiger partial charge in [0.1, 0.15) is 12.4 Å². The SMILES string of the molecule is COCCNCc1ccn(CCOc2ccccc2)c1. The lowest BCUT2D eigenvalue weighted by molar-refractivity contribution is 0.199. The summed E-state index contributed by atoms with van der Waals surface area (Å²) in [6.07, 6.45) is 4.23. The molecule has 1 N–H and O–H groups in total. The average Bonchev–Trinajstić information content (AvgIpc) is 2.93.